The van der Waals surface area contributed by atoms with Crippen molar-refractivity contribution < 1.29 is 0 Å². The van der Waals surface area contributed by atoms with Crippen molar-refractivity contribution in [2.24, 2.45) is 0 Å². The van der Waals surface area contributed by atoms with Crippen molar-refractivity contribution in [1.29, 1.82) is 0 Å². The van der Waals surface area contributed by atoms with Crippen LogP contribution < -0.4 is 0 Å². The monoisotopic (exact) mass is 358 g/mol. The van der Waals surface area contributed by atoms with E-state index >= 15 is 0 Å². The Morgan fingerprint density at radius 2 is 1.38 bits per heavy atom. The van der Waals surface area contributed by atoms with Gasteiger partial charge in [-0.3, -0.25) is 0 Å². The summed E-state index contributed by atoms with van der Waals surface area (Å²) in [5, 5.41) is 2.78. The molecule has 0 spiro atoms. The summed E-state index contributed by atoms with van der Waals surface area (Å²) in [5.74, 6) is 0.487. The zero-order chi connectivity index (χ0) is 18.5. The van der Waals surface area contributed by atoms with Gasteiger partial charge in [0.15, 0.2) is 0 Å². The van der Waals surface area contributed by atoms with Gasteiger partial charge in [0.1, 0.15) is 0 Å². The molecule has 0 aliphatic rings. The molecule has 0 saturated carbocycles. The average Bonchev–Trinajstić information content (AvgIpc) is 2.99. The van der Waals surface area contributed by atoms with Crippen LogP contribution in [0.3, 0.4) is 0 Å². The minimum atomic E-state index is 0.139. The maximum absolute atomic E-state index is 2.32. The lowest BCUT2D eigenvalue weighted by Crippen LogP contribution is -2.15. The van der Waals surface area contributed by atoms with E-state index in [4.69, 9.17) is 0 Å². The van der Waals surface area contributed by atoms with Gasteiger partial charge in [-0.05, 0) is 45.7 Å². The van der Waals surface area contributed by atoms with Gasteiger partial charge < -0.3 is 0 Å². The zero-order valence-electron chi connectivity index (χ0n) is 16.3. The zero-order valence-corrected chi connectivity index (χ0v) is 17.1. The van der Waals surface area contributed by atoms with E-state index in [1.54, 1.807) is 0 Å². The molecule has 26 heavy (non-hydrogen) atoms. The maximum atomic E-state index is 2.32. The van der Waals surface area contributed by atoms with E-state index < -0.39 is 0 Å². The first kappa shape index (κ1) is 17.3. The van der Waals surface area contributed by atoms with Crippen LogP contribution in [0.2, 0.25) is 0 Å². The molecule has 3 aromatic carbocycles. The van der Waals surface area contributed by atoms with Crippen molar-refractivity contribution in [1.82, 2.24) is 0 Å². The Bertz CT molecular complexity index is 1090. The summed E-state index contributed by atoms with van der Waals surface area (Å²) < 4.78 is 2.74. The topological polar surface area (TPSA) is 0 Å². The van der Waals surface area contributed by atoms with Crippen molar-refractivity contribution in [2.75, 3.05) is 0 Å². The third-order valence-corrected chi connectivity index (χ3v) is 6.32. The molecule has 0 bridgehead atoms. The fourth-order valence-electron chi connectivity index (χ4n) is 4.08. The molecular weight excluding hydrogens is 332 g/mol. The van der Waals surface area contributed by atoms with E-state index in [0.717, 1.165) is 0 Å². The van der Waals surface area contributed by atoms with Crippen LogP contribution in [-0.2, 0) is 5.41 Å². The van der Waals surface area contributed by atoms with Crippen LogP contribution in [0.5, 0.6) is 0 Å². The van der Waals surface area contributed by atoms with Crippen molar-refractivity contribution in [3.63, 3.8) is 0 Å². The summed E-state index contributed by atoms with van der Waals surface area (Å²) >= 11 is 1.89. The number of benzene rings is 3. The predicted octanol–water partition coefficient (Wildman–Crippen LogP) is 8.14. The van der Waals surface area contributed by atoms with Gasteiger partial charge in [0.05, 0.1) is 0 Å². The highest BCUT2D eigenvalue weighted by Gasteiger charge is 2.23. The molecule has 0 fully saturated rings. The quantitative estimate of drug-likeness (QED) is 0.339. The largest absolute Gasteiger partial charge is 0.135 e. The van der Waals surface area contributed by atoms with Gasteiger partial charge in [-0.15, -0.1) is 11.3 Å². The molecule has 0 amide bonds. The number of hydrogen-bond acceptors (Lipinski definition) is 1. The van der Waals surface area contributed by atoms with Gasteiger partial charge in [0.2, 0.25) is 0 Å². The SMILES string of the molecule is CC(C)c1c(-c2cccc3sc4ccccc4c23)cccc1C(C)(C)C. The maximum Gasteiger partial charge on any atom is 0.0361 e. The average molecular weight is 359 g/mol. The first-order valence-corrected chi connectivity index (χ1v) is 10.2. The summed E-state index contributed by atoms with van der Waals surface area (Å²) in [7, 11) is 0. The lowest BCUT2D eigenvalue weighted by Gasteiger charge is -2.27. The van der Waals surface area contributed by atoms with Crippen molar-refractivity contribution in [3.05, 3.63) is 71.8 Å². The van der Waals surface area contributed by atoms with E-state index in [1.165, 1.54) is 42.4 Å². The highest BCUT2D eigenvalue weighted by atomic mass is 32.1. The first-order chi connectivity index (χ1) is 12.4. The Labute approximate surface area is 160 Å². The van der Waals surface area contributed by atoms with E-state index in [9.17, 15) is 0 Å². The predicted molar refractivity (Wildman–Crippen MR) is 118 cm³/mol. The van der Waals surface area contributed by atoms with Crippen molar-refractivity contribution in [2.45, 2.75) is 46.0 Å². The van der Waals surface area contributed by atoms with Crippen molar-refractivity contribution >= 4 is 31.5 Å². The summed E-state index contributed by atoms with van der Waals surface area (Å²) in [6.45, 7) is 11.6. The van der Waals surface area contributed by atoms with Gasteiger partial charge in [-0.2, -0.15) is 0 Å². The molecule has 0 atom stereocenters. The van der Waals surface area contributed by atoms with Crippen LogP contribution in [0.25, 0.3) is 31.3 Å². The van der Waals surface area contributed by atoms with Gasteiger partial charge in [-0.25, -0.2) is 0 Å². The van der Waals surface area contributed by atoms with Crippen LogP contribution in [0.1, 0.15) is 51.7 Å². The fourth-order valence-corrected chi connectivity index (χ4v) is 5.21. The van der Waals surface area contributed by atoms with E-state index in [1.807, 2.05) is 11.3 Å². The third kappa shape index (κ3) is 2.75. The normalized spacial score (nSPS) is 12.4. The van der Waals surface area contributed by atoms with Crippen LogP contribution in [-0.4, -0.2) is 0 Å². The molecule has 0 N–H and O–H groups in total. The highest BCUT2D eigenvalue weighted by Crippen LogP contribution is 2.44. The van der Waals surface area contributed by atoms with Gasteiger partial charge in [0.25, 0.3) is 0 Å². The minimum Gasteiger partial charge on any atom is -0.135 e. The van der Waals surface area contributed by atoms with Gasteiger partial charge in [-0.1, -0.05) is 83.1 Å². The molecule has 1 aromatic heterocycles. The molecule has 4 aromatic rings. The number of fused-ring (bicyclic) bond motifs is 3. The number of thiophene rings is 1. The number of hydrogen-bond donors (Lipinski definition) is 0. The Hall–Kier alpha value is -2.12. The van der Waals surface area contributed by atoms with E-state index in [2.05, 4.69) is 95.3 Å². The van der Waals surface area contributed by atoms with Crippen LogP contribution in [0.15, 0.2) is 60.7 Å². The summed E-state index contributed by atoms with van der Waals surface area (Å²) in [6, 6.07) is 22.4. The van der Waals surface area contributed by atoms with E-state index in [-0.39, 0.29) is 5.41 Å². The Balaban J connectivity index is 2.11. The number of rotatable bonds is 2. The van der Waals surface area contributed by atoms with Gasteiger partial charge >= 0.3 is 0 Å². The van der Waals surface area contributed by atoms with Gasteiger partial charge in [0, 0.05) is 20.2 Å². The molecule has 1 heteroatoms. The third-order valence-electron chi connectivity index (χ3n) is 5.18. The Kier molecular flexibility index (Phi) is 4.16. The molecule has 1 heterocycles. The molecule has 0 unspecified atom stereocenters. The van der Waals surface area contributed by atoms with Crippen LogP contribution in [0, 0.1) is 0 Å². The van der Waals surface area contributed by atoms with Crippen molar-refractivity contribution in [3.8, 4) is 11.1 Å². The molecule has 0 nitrogen and oxygen atoms in total. The summed E-state index contributed by atoms with van der Waals surface area (Å²) in [6.07, 6.45) is 0. The molecule has 0 aliphatic carbocycles. The van der Waals surface area contributed by atoms with Crippen LogP contribution >= 0.6 is 11.3 Å². The molecular formula is C25H26S. The summed E-state index contributed by atoms with van der Waals surface area (Å²) in [4.78, 5) is 0. The molecule has 4 rings (SSSR count). The van der Waals surface area contributed by atoms with E-state index in [0.29, 0.717) is 5.92 Å². The molecule has 132 valence electrons. The second kappa shape index (κ2) is 6.25. The standard InChI is InChI=1S/C25H26S/c1-16(2)23-17(11-8-13-20(23)25(3,4)5)18-12-9-15-22-24(18)19-10-6-7-14-21(19)26-22/h6-16H,1-5H3. The Morgan fingerprint density at radius 1 is 0.731 bits per heavy atom. The van der Waals surface area contributed by atoms with Crippen LogP contribution in [0.4, 0.5) is 0 Å². The molecule has 0 aliphatic heterocycles. The fraction of sp³-hybridized carbons (Fsp3) is 0.280. The summed E-state index contributed by atoms with van der Waals surface area (Å²) in [5.41, 5.74) is 5.85. The highest BCUT2D eigenvalue weighted by molar-refractivity contribution is 7.25. The second-order valence-corrected chi connectivity index (χ2v) is 9.53. The first-order valence-electron chi connectivity index (χ1n) is 9.42. The minimum absolute atomic E-state index is 0.139. The lowest BCUT2D eigenvalue weighted by atomic mass is 9.77. The lowest BCUT2D eigenvalue weighted by molar-refractivity contribution is 0.577. The Morgan fingerprint density at radius 3 is 2.12 bits per heavy atom. The molecule has 0 radical (unpaired) electrons. The smallest absolute Gasteiger partial charge is 0.0361 e. The second-order valence-electron chi connectivity index (χ2n) is 8.45. The molecule has 0 saturated heterocycles.